The minimum atomic E-state index is -0.416. The van der Waals surface area contributed by atoms with Crippen molar-refractivity contribution in [3.05, 3.63) is 106 Å². The third kappa shape index (κ3) is 4.67. The number of rotatable bonds is 6. The number of methoxy groups -OCH3 is 1. The van der Waals surface area contributed by atoms with E-state index in [1.807, 2.05) is 59.4 Å². The molecule has 4 aromatic rings. The van der Waals surface area contributed by atoms with Gasteiger partial charge in [-0.15, -0.1) is 0 Å². The maximum Gasteiger partial charge on any atom is 0.269 e. The second-order valence-electron chi connectivity index (χ2n) is 7.06. The maximum atomic E-state index is 12.6. The molecule has 0 atom stereocenters. The molecule has 0 unspecified atom stereocenters. The Morgan fingerprint density at radius 3 is 2.32 bits per heavy atom. The van der Waals surface area contributed by atoms with Crippen molar-refractivity contribution in [1.29, 1.82) is 0 Å². The smallest absolute Gasteiger partial charge is 0.269 e. The second kappa shape index (κ2) is 8.62. The molecule has 0 fully saturated rings. The monoisotopic (exact) mass is 414 g/mol. The largest absolute Gasteiger partial charge is 0.497 e. The van der Waals surface area contributed by atoms with Crippen LogP contribution in [0.1, 0.15) is 15.9 Å². The van der Waals surface area contributed by atoms with Crippen LogP contribution in [-0.4, -0.2) is 17.9 Å². The summed E-state index contributed by atoms with van der Waals surface area (Å²) in [4.78, 5) is 23.0. The summed E-state index contributed by atoms with van der Waals surface area (Å²) in [7, 11) is 1.62. The van der Waals surface area contributed by atoms with Crippen LogP contribution in [0.3, 0.4) is 0 Å². The molecule has 1 aromatic heterocycles. The van der Waals surface area contributed by atoms with Crippen molar-refractivity contribution in [2.45, 2.75) is 6.54 Å². The molecule has 1 N–H and O–H groups in total. The third-order valence-corrected chi connectivity index (χ3v) is 4.97. The standard InChI is InChI=1S/C24H19N3O4/c1-31-23-9-6-18-14-20(5-4-19(18)15-23)24(28)25-21-10-12-26(13-11-21)16-17-2-7-22(8-3-17)27(29)30/h2-15H,16H2,1H3/p+1. The SMILES string of the molecule is COc1ccc2cc(C(=O)Nc3cc[n+](Cc4ccc([N+](=O)[O-])cc4)cc3)ccc2c1. The van der Waals surface area contributed by atoms with Gasteiger partial charge >= 0.3 is 0 Å². The average molecular weight is 414 g/mol. The van der Waals surface area contributed by atoms with Crippen LogP contribution in [-0.2, 0) is 6.54 Å². The number of non-ortho nitro benzene ring substituents is 1. The molecule has 0 radical (unpaired) electrons. The van der Waals surface area contributed by atoms with E-state index in [-0.39, 0.29) is 11.6 Å². The van der Waals surface area contributed by atoms with Gasteiger partial charge in [0.1, 0.15) is 5.75 Å². The van der Waals surface area contributed by atoms with E-state index in [0.29, 0.717) is 17.8 Å². The number of hydrogen-bond donors (Lipinski definition) is 1. The van der Waals surface area contributed by atoms with Crippen LogP contribution in [0.5, 0.6) is 5.75 Å². The van der Waals surface area contributed by atoms with E-state index in [4.69, 9.17) is 4.74 Å². The first-order chi connectivity index (χ1) is 15.0. The number of benzene rings is 3. The van der Waals surface area contributed by atoms with Crippen LogP contribution < -0.4 is 14.6 Å². The van der Waals surface area contributed by atoms with Crippen LogP contribution in [0, 0.1) is 10.1 Å². The van der Waals surface area contributed by atoms with Gasteiger partial charge in [-0.1, -0.05) is 12.1 Å². The Kier molecular flexibility index (Phi) is 5.57. The van der Waals surface area contributed by atoms with Gasteiger partial charge in [-0.3, -0.25) is 14.9 Å². The van der Waals surface area contributed by atoms with Crippen molar-refractivity contribution in [1.82, 2.24) is 0 Å². The fourth-order valence-electron chi connectivity index (χ4n) is 3.28. The molecule has 0 bridgehead atoms. The molecule has 3 aromatic carbocycles. The molecule has 154 valence electrons. The Balaban J connectivity index is 1.43. The molecule has 0 aliphatic carbocycles. The van der Waals surface area contributed by atoms with E-state index >= 15 is 0 Å². The number of carbonyl (C=O) groups excluding carboxylic acids is 1. The molecule has 1 heterocycles. The highest BCUT2D eigenvalue weighted by atomic mass is 16.6. The first-order valence-electron chi connectivity index (χ1n) is 9.63. The number of fused-ring (bicyclic) bond motifs is 1. The normalized spacial score (nSPS) is 10.6. The van der Waals surface area contributed by atoms with Gasteiger partial charge in [-0.25, -0.2) is 4.57 Å². The average Bonchev–Trinajstić information content (AvgIpc) is 2.80. The van der Waals surface area contributed by atoms with Crippen LogP contribution in [0.4, 0.5) is 11.4 Å². The fourth-order valence-corrected chi connectivity index (χ4v) is 3.28. The number of amides is 1. The predicted molar refractivity (Wildman–Crippen MR) is 117 cm³/mol. The van der Waals surface area contributed by atoms with Gasteiger partial charge in [0, 0.05) is 35.4 Å². The van der Waals surface area contributed by atoms with Gasteiger partial charge in [0.05, 0.1) is 17.7 Å². The van der Waals surface area contributed by atoms with Crippen LogP contribution in [0.2, 0.25) is 0 Å². The zero-order valence-electron chi connectivity index (χ0n) is 16.8. The number of anilines is 1. The van der Waals surface area contributed by atoms with Gasteiger partial charge in [0.25, 0.3) is 11.6 Å². The Morgan fingerprint density at radius 2 is 1.65 bits per heavy atom. The number of ether oxygens (including phenoxy) is 1. The Bertz CT molecular complexity index is 1250. The van der Waals surface area contributed by atoms with Gasteiger partial charge in [-0.2, -0.15) is 0 Å². The van der Waals surface area contributed by atoms with E-state index in [2.05, 4.69) is 5.32 Å². The van der Waals surface area contributed by atoms with Crippen LogP contribution in [0.15, 0.2) is 85.2 Å². The zero-order chi connectivity index (χ0) is 21.8. The number of hydrogen-bond acceptors (Lipinski definition) is 4. The van der Waals surface area contributed by atoms with Crippen LogP contribution in [0.25, 0.3) is 10.8 Å². The molecule has 7 heteroatoms. The summed E-state index contributed by atoms with van der Waals surface area (Å²) in [5, 5.41) is 15.6. The number of nitro benzene ring substituents is 1. The molecule has 1 amide bonds. The van der Waals surface area contributed by atoms with E-state index in [1.54, 1.807) is 25.3 Å². The molecule has 0 saturated carbocycles. The topological polar surface area (TPSA) is 85.3 Å². The second-order valence-corrected chi connectivity index (χ2v) is 7.06. The predicted octanol–water partition coefficient (Wildman–Crippen LogP) is 4.34. The maximum absolute atomic E-state index is 12.6. The lowest BCUT2D eigenvalue weighted by molar-refractivity contribution is -0.688. The van der Waals surface area contributed by atoms with Crippen LogP contribution >= 0.6 is 0 Å². The fraction of sp³-hybridized carbons (Fsp3) is 0.0833. The van der Waals surface area contributed by atoms with Gasteiger partial charge in [0.15, 0.2) is 18.9 Å². The van der Waals surface area contributed by atoms with Gasteiger partial charge in [0.2, 0.25) is 0 Å². The number of nitrogens with one attached hydrogen (secondary N) is 1. The Hall–Kier alpha value is -4.26. The lowest BCUT2D eigenvalue weighted by atomic mass is 10.1. The quantitative estimate of drug-likeness (QED) is 0.289. The van der Waals surface area contributed by atoms with Gasteiger partial charge < -0.3 is 10.1 Å². The zero-order valence-corrected chi connectivity index (χ0v) is 16.8. The van der Waals surface area contributed by atoms with E-state index < -0.39 is 4.92 Å². The molecule has 31 heavy (non-hydrogen) atoms. The molecule has 7 nitrogen and oxygen atoms in total. The Morgan fingerprint density at radius 1 is 0.968 bits per heavy atom. The highest BCUT2D eigenvalue weighted by molar-refractivity contribution is 6.06. The van der Waals surface area contributed by atoms with Crippen molar-refractivity contribution in [2.24, 2.45) is 0 Å². The van der Waals surface area contributed by atoms with Crippen molar-refractivity contribution in [3.8, 4) is 5.75 Å². The lowest BCUT2D eigenvalue weighted by Crippen LogP contribution is -2.33. The summed E-state index contributed by atoms with van der Waals surface area (Å²) in [6.45, 7) is 0.570. The minimum Gasteiger partial charge on any atom is -0.497 e. The summed E-state index contributed by atoms with van der Waals surface area (Å²) in [5.74, 6) is 0.585. The Labute approximate surface area is 178 Å². The number of nitro groups is 1. The molecule has 0 spiro atoms. The molecular weight excluding hydrogens is 394 g/mol. The van der Waals surface area contributed by atoms with E-state index in [9.17, 15) is 14.9 Å². The number of carbonyl (C=O) groups is 1. The van der Waals surface area contributed by atoms with Crippen molar-refractivity contribution in [2.75, 3.05) is 12.4 Å². The van der Waals surface area contributed by atoms with Crippen molar-refractivity contribution >= 4 is 28.1 Å². The lowest BCUT2D eigenvalue weighted by Gasteiger charge is -2.07. The molecular formula is C24H20N3O4+. The van der Waals surface area contributed by atoms with Gasteiger partial charge in [-0.05, 0) is 47.2 Å². The number of pyridine rings is 1. The first kappa shape index (κ1) is 20.0. The summed E-state index contributed by atoms with van der Waals surface area (Å²) >= 11 is 0. The molecule has 4 rings (SSSR count). The summed E-state index contributed by atoms with van der Waals surface area (Å²) in [6, 6.07) is 21.3. The summed E-state index contributed by atoms with van der Waals surface area (Å²) in [5.41, 5.74) is 2.26. The summed E-state index contributed by atoms with van der Waals surface area (Å²) < 4.78 is 7.16. The minimum absolute atomic E-state index is 0.0691. The number of nitrogens with zero attached hydrogens (tertiary/aromatic N) is 2. The molecule has 0 aliphatic heterocycles. The van der Waals surface area contributed by atoms with Crippen molar-refractivity contribution in [3.63, 3.8) is 0 Å². The third-order valence-electron chi connectivity index (χ3n) is 4.97. The highest BCUT2D eigenvalue weighted by Gasteiger charge is 2.10. The molecule has 0 aliphatic rings. The highest BCUT2D eigenvalue weighted by Crippen LogP contribution is 2.22. The first-order valence-corrected chi connectivity index (χ1v) is 9.63. The molecule has 0 saturated heterocycles. The van der Waals surface area contributed by atoms with Crippen molar-refractivity contribution < 1.29 is 19.0 Å². The number of aromatic nitrogens is 1. The van der Waals surface area contributed by atoms with E-state index in [1.165, 1.54) is 12.1 Å². The summed E-state index contributed by atoms with van der Waals surface area (Å²) in [6.07, 6.45) is 3.70. The van der Waals surface area contributed by atoms with E-state index in [0.717, 1.165) is 22.1 Å².